The molecule has 5 nitrogen and oxygen atoms in total. The number of ether oxygens (including phenoxy) is 1. The Morgan fingerprint density at radius 3 is 1.83 bits per heavy atom. The van der Waals surface area contributed by atoms with Gasteiger partial charge >= 0.3 is 6.09 Å². The summed E-state index contributed by atoms with van der Waals surface area (Å²) in [5.41, 5.74) is 6.72. The minimum atomic E-state index is -1.91. The zero-order chi connectivity index (χ0) is 26.6. The lowest BCUT2D eigenvalue weighted by Gasteiger charge is -2.38. The van der Waals surface area contributed by atoms with Gasteiger partial charge in [0.25, 0.3) is 5.91 Å². The van der Waals surface area contributed by atoms with Crippen LogP contribution in [0.5, 0.6) is 0 Å². The van der Waals surface area contributed by atoms with Gasteiger partial charge in [0.2, 0.25) is 0 Å². The van der Waals surface area contributed by atoms with Crippen molar-refractivity contribution in [3.63, 3.8) is 0 Å². The second-order valence-corrected chi connectivity index (χ2v) is 16.9. The summed E-state index contributed by atoms with van der Waals surface area (Å²) in [6, 6.07) is 5.51. The van der Waals surface area contributed by atoms with Crippen molar-refractivity contribution >= 4 is 20.1 Å². The molecule has 0 radical (unpaired) electrons. The van der Waals surface area contributed by atoms with E-state index in [1.54, 1.807) is 15.9 Å². The number of terminal acetylenes is 1. The first-order chi connectivity index (χ1) is 16.2. The van der Waals surface area contributed by atoms with Crippen LogP contribution >= 0.6 is 0 Å². The second-order valence-electron chi connectivity index (χ2n) is 11.4. The van der Waals surface area contributed by atoms with Crippen LogP contribution in [-0.2, 0) is 4.74 Å². The zero-order valence-corrected chi connectivity index (χ0v) is 24.0. The zero-order valence-electron chi connectivity index (χ0n) is 23.0. The number of hydrogen-bond acceptors (Lipinski definition) is 3. The summed E-state index contributed by atoms with van der Waals surface area (Å²) in [5.74, 6) is 6.01. The fourth-order valence-electron chi connectivity index (χ4n) is 5.12. The molecular formula is C29H42N2O3Si. The lowest BCUT2D eigenvalue weighted by Crippen LogP contribution is -2.51. The third kappa shape index (κ3) is 6.92. The van der Waals surface area contributed by atoms with Crippen molar-refractivity contribution in [3.05, 3.63) is 34.9 Å². The molecule has 1 fully saturated rings. The maximum atomic E-state index is 13.3. The molecule has 1 heterocycles. The largest absolute Gasteiger partial charge is 0.444 e. The van der Waals surface area contributed by atoms with Crippen molar-refractivity contribution < 1.29 is 14.3 Å². The Bertz CT molecular complexity index is 1000. The van der Waals surface area contributed by atoms with Crippen LogP contribution in [0.1, 0.15) is 83.8 Å². The fraction of sp³-hybridized carbons (Fsp3) is 0.586. The Morgan fingerprint density at radius 2 is 1.37 bits per heavy atom. The van der Waals surface area contributed by atoms with Gasteiger partial charge in [-0.3, -0.25) is 4.79 Å². The third-order valence-corrected chi connectivity index (χ3v) is 13.1. The molecule has 0 unspecified atom stereocenters. The van der Waals surface area contributed by atoms with Crippen LogP contribution in [0.2, 0.25) is 16.6 Å². The number of rotatable bonds is 4. The molecule has 1 aliphatic heterocycles. The predicted octanol–water partition coefficient (Wildman–Crippen LogP) is 5.93. The van der Waals surface area contributed by atoms with E-state index >= 15 is 0 Å². The van der Waals surface area contributed by atoms with E-state index in [4.69, 9.17) is 11.2 Å². The minimum absolute atomic E-state index is 0.0888. The topological polar surface area (TPSA) is 49.9 Å². The second kappa shape index (κ2) is 11.4. The van der Waals surface area contributed by atoms with Crippen molar-refractivity contribution in [2.24, 2.45) is 0 Å². The molecule has 0 N–H and O–H groups in total. The lowest BCUT2D eigenvalue weighted by atomic mass is 10.0. The van der Waals surface area contributed by atoms with Crippen LogP contribution in [0.25, 0.3) is 0 Å². The van der Waals surface area contributed by atoms with Gasteiger partial charge < -0.3 is 14.5 Å². The van der Waals surface area contributed by atoms with E-state index < -0.39 is 13.7 Å². The van der Waals surface area contributed by atoms with Gasteiger partial charge in [0.1, 0.15) is 13.7 Å². The molecule has 0 atom stereocenters. The van der Waals surface area contributed by atoms with Gasteiger partial charge in [-0.25, -0.2) is 4.79 Å². The monoisotopic (exact) mass is 494 g/mol. The van der Waals surface area contributed by atoms with E-state index in [-0.39, 0.29) is 12.0 Å². The first-order valence-electron chi connectivity index (χ1n) is 12.6. The van der Waals surface area contributed by atoms with Crippen LogP contribution in [-0.4, -0.2) is 61.7 Å². The molecule has 2 rings (SSSR count). The van der Waals surface area contributed by atoms with Gasteiger partial charge in [-0.05, 0) is 55.6 Å². The van der Waals surface area contributed by atoms with Gasteiger partial charge in [0.15, 0.2) is 0 Å². The highest BCUT2D eigenvalue weighted by molar-refractivity contribution is 6.90. The number of nitrogens with zero attached hydrogens (tertiary/aromatic N) is 2. The smallest absolute Gasteiger partial charge is 0.410 e. The predicted molar refractivity (Wildman–Crippen MR) is 146 cm³/mol. The highest BCUT2D eigenvalue weighted by Crippen LogP contribution is 2.40. The molecule has 0 aromatic heterocycles. The first-order valence-corrected chi connectivity index (χ1v) is 14.9. The molecule has 35 heavy (non-hydrogen) atoms. The van der Waals surface area contributed by atoms with Gasteiger partial charge in [-0.15, -0.1) is 12.0 Å². The van der Waals surface area contributed by atoms with Crippen molar-refractivity contribution in [3.8, 4) is 23.8 Å². The summed E-state index contributed by atoms with van der Waals surface area (Å²) in [4.78, 5) is 29.1. The summed E-state index contributed by atoms with van der Waals surface area (Å²) in [6.07, 6.45) is 5.38. The Labute approximate surface area is 213 Å². The van der Waals surface area contributed by atoms with Gasteiger partial charge in [-0.2, -0.15) is 0 Å². The Morgan fingerprint density at radius 1 is 0.886 bits per heavy atom. The summed E-state index contributed by atoms with van der Waals surface area (Å²) >= 11 is 0. The van der Waals surface area contributed by atoms with Crippen LogP contribution in [0.15, 0.2) is 18.2 Å². The number of carbonyl (C=O) groups is 2. The summed E-state index contributed by atoms with van der Waals surface area (Å²) in [7, 11) is -1.91. The highest BCUT2D eigenvalue weighted by Gasteiger charge is 2.41. The molecular weight excluding hydrogens is 452 g/mol. The number of hydrogen-bond donors (Lipinski definition) is 0. The van der Waals surface area contributed by atoms with Gasteiger partial charge in [0, 0.05) is 42.9 Å². The van der Waals surface area contributed by atoms with Gasteiger partial charge in [-0.1, -0.05) is 53.4 Å². The number of amides is 2. The number of benzene rings is 1. The molecule has 1 aliphatic rings. The van der Waals surface area contributed by atoms with E-state index in [2.05, 4.69) is 58.9 Å². The lowest BCUT2D eigenvalue weighted by molar-refractivity contribution is 0.0141. The molecule has 0 saturated carbocycles. The van der Waals surface area contributed by atoms with Crippen LogP contribution in [0.3, 0.4) is 0 Å². The first kappa shape index (κ1) is 28.5. The molecule has 1 aromatic carbocycles. The van der Waals surface area contributed by atoms with Crippen molar-refractivity contribution in [2.45, 2.75) is 84.5 Å². The average Bonchev–Trinajstić information content (AvgIpc) is 2.77. The van der Waals surface area contributed by atoms with E-state index in [1.165, 1.54) is 0 Å². The Balaban J connectivity index is 2.27. The molecule has 1 saturated heterocycles. The molecule has 0 aliphatic carbocycles. The van der Waals surface area contributed by atoms with E-state index in [0.717, 1.165) is 5.56 Å². The molecule has 1 aromatic rings. The molecule has 0 bridgehead atoms. The maximum Gasteiger partial charge on any atom is 0.410 e. The Kier molecular flexibility index (Phi) is 9.26. The van der Waals surface area contributed by atoms with Crippen molar-refractivity contribution in [1.29, 1.82) is 0 Å². The van der Waals surface area contributed by atoms with Crippen molar-refractivity contribution in [1.82, 2.24) is 9.80 Å². The highest BCUT2D eigenvalue weighted by atomic mass is 28.3. The quantitative estimate of drug-likeness (QED) is 0.385. The summed E-state index contributed by atoms with van der Waals surface area (Å²) < 4.78 is 5.46. The maximum absolute atomic E-state index is 13.3. The van der Waals surface area contributed by atoms with Crippen LogP contribution in [0, 0.1) is 23.8 Å². The molecule has 2 amide bonds. The third-order valence-electron chi connectivity index (χ3n) is 6.85. The summed E-state index contributed by atoms with van der Waals surface area (Å²) in [6.45, 7) is 21.0. The minimum Gasteiger partial charge on any atom is -0.444 e. The molecule has 190 valence electrons. The number of piperazine rings is 1. The van der Waals surface area contributed by atoms with Crippen molar-refractivity contribution in [2.75, 3.05) is 26.2 Å². The van der Waals surface area contributed by atoms with Gasteiger partial charge in [0.05, 0.1) is 0 Å². The number of carbonyl (C=O) groups excluding carboxylic acids is 2. The van der Waals surface area contributed by atoms with E-state index in [0.29, 0.717) is 53.9 Å². The van der Waals surface area contributed by atoms with E-state index in [1.807, 2.05) is 32.9 Å². The summed E-state index contributed by atoms with van der Waals surface area (Å²) in [5, 5.41) is 0. The molecule has 6 heteroatoms. The molecule has 0 spiro atoms. The SMILES string of the molecule is C#Cc1cc(C#C[Si](C(C)C)(C(C)C)C(C)C)cc(C(=O)N2CCN(C(=O)OC(C)(C)C)CC2)c1. The van der Waals surface area contributed by atoms with Crippen LogP contribution in [0.4, 0.5) is 4.79 Å². The van der Waals surface area contributed by atoms with E-state index in [9.17, 15) is 9.59 Å². The standard InChI is InChI=1S/C29H42N2O3Si/c1-11-24-18-25(12-17-35(21(2)3,22(4)5)23(6)7)20-26(19-24)27(32)30-13-15-31(16-14-30)28(33)34-29(8,9)10/h1,18-23H,13-16H2,2-10H3. The van der Waals surface area contributed by atoms with Crippen LogP contribution < -0.4 is 0 Å². The normalized spacial score (nSPS) is 14.6. The average molecular weight is 495 g/mol. The fourth-order valence-corrected chi connectivity index (χ4v) is 10.3. The Hall–Kier alpha value is -2.70.